The third-order valence-electron chi connectivity index (χ3n) is 2.80. The van der Waals surface area contributed by atoms with Crippen LogP contribution in [0.1, 0.15) is 15.2 Å². The molecule has 1 aliphatic rings. The summed E-state index contributed by atoms with van der Waals surface area (Å²) in [6, 6.07) is 3.90. The van der Waals surface area contributed by atoms with Gasteiger partial charge in [0.05, 0.1) is 15.4 Å². The minimum Gasteiger partial charge on any atom is -0.477 e. The summed E-state index contributed by atoms with van der Waals surface area (Å²) in [7, 11) is 2.73. The predicted molar refractivity (Wildman–Crippen MR) is 75.4 cm³/mol. The minimum absolute atomic E-state index is 0.437. The summed E-state index contributed by atoms with van der Waals surface area (Å²) in [5.41, 5.74) is 2.33. The van der Waals surface area contributed by atoms with Crippen molar-refractivity contribution in [2.24, 2.45) is 0 Å². The molecule has 1 aliphatic heterocycles. The van der Waals surface area contributed by atoms with Crippen LogP contribution in [0.25, 0.3) is 9.75 Å². The van der Waals surface area contributed by atoms with E-state index >= 15 is 0 Å². The number of hydrogen-bond donors (Lipinski definition) is 1. The lowest BCUT2D eigenvalue weighted by Crippen LogP contribution is -2.11. The van der Waals surface area contributed by atoms with Crippen molar-refractivity contribution < 1.29 is 9.90 Å². The van der Waals surface area contributed by atoms with Gasteiger partial charge in [-0.05, 0) is 38.9 Å². The molecule has 0 bridgehead atoms. The quantitative estimate of drug-likeness (QED) is 0.816. The fourth-order valence-electron chi connectivity index (χ4n) is 1.97. The summed E-state index contributed by atoms with van der Waals surface area (Å²) in [6.07, 6.45) is 0.893. The molecule has 6 heteroatoms. The van der Waals surface area contributed by atoms with Gasteiger partial charge < -0.3 is 9.78 Å². The molecule has 0 saturated carbocycles. The highest BCUT2D eigenvalue weighted by Gasteiger charge is 2.23. The van der Waals surface area contributed by atoms with Gasteiger partial charge in [-0.1, -0.05) is 0 Å². The van der Waals surface area contributed by atoms with E-state index in [1.54, 1.807) is 11.3 Å². The molecule has 1 atom stereocenters. The molecule has 1 N–H and O–H groups in total. The molecule has 0 aliphatic carbocycles. The molecule has 3 heterocycles. The van der Waals surface area contributed by atoms with Crippen molar-refractivity contribution in [1.82, 2.24) is 0 Å². The van der Waals surface area contributed by atoms with Crippen molar-refractivity contribution in [3.05, 3.63) is 28.0 Å². The predicted octanol–water partition coefficient (Wildman–Crippen LogP) is 3.33. The second-order valence-electron chi connectivity index (χ2n) is 3.85. The number of nitrogens with zero attached hydrogens (tertiary/aromatic N) is 1. The number of thiophene rings is 2. The maximum absolute atomic E-state index is 11.0. The van der Waals surface area contributed by atoms with E-state index in [0.29, 0.717) is 4.88 Å². The Morgan fingerprint density at radius 1 is 1.47 bits per heavy atom. The summed E-state index contributed by atoms with van der Waals surface area (Å²) < 4.78 is 2.15. The van der Waals surface area contributed by atoms with Crippen molar-refractivity contribution in [1.29, 1.82) is 0 Å². The van der Waals surface area contributed by atoms with Crippen LogP contribution < -0.4 is 4.67 Å². The third-order valence-corrected chi connectivity index (χ3v) is 5.57. The molecule has 0 saturated heterocycles. The minimum atomic E-state index is -0.830. The molecule has 3 nitrogen and oxygen atoms in total. The Bertz CT molecular complexity index is 590. The van der Waals surface area contributed by atoms with E-state index in [0.717, 1.165) is 23.4 Å². The largest absolute Gasteiger partial charge is 0.477 e. The normalized spacial score (nSPS) is 14.1. The van der Waals surface area contributed by atoms with E-state index in [-0.39, 0.29) is 0 Å². The van der Waals surface area contributed by atoms with E-state index in [2.05, 4.69) is 25.5 Å². The second-order valence-corrected chi connectivity index (χ2v) is 6.44. The lowest BCUT2D eigenvalue weighted by atomic mass is 10.2. The zero-order chi connectivity index (χ0) is 12.0. The van der Waals surface area contributed by atoms with Crippen LogP contribution in [-0.2, 0) is 6.42 Å². The maximum atomic E-state index is 11.0. The number of anilines is 1. The van der Waals surface area contributed by atoms with E-state index in [4.69, 9.17) is 5.11 Å². The van der Waals surface area contributed by atoms with Crippen LogP contribution in [0.3, 0.4) is 0 Å². The van der Waals surface area contributed by atoms with Crippen LogP contribution in [0, 0.1) is 0 Å². The summed E-state index contributed by atoms with van der Waals surface area (Å²) >= 11 is 3.05. The van der Waals surface area contributed by atoms with E-state index < -0.39 is 5.97 Å². The first-order valence-corrected chi connectivity index (χ1v) is 7.34. The van der Waals surface area contributed by atoms with Gasteiger partial charge in [-0.3, -0.25) is 0 Å². The zero-order valence-corrected chi connectivity index (χ0v) is 11.6. The molecule has 0 amide bonds. The lowest BCUT2D eigenvalue weighted by Gasteiger charge is -2.15. The van der Waals surface area contributed by atoms with Crippen LogP contribution >= 0.6 is 32.1 Å². The molecule has 0 spiro atoms. The highest BCUT2D eigenvalue weighted by molar-refractivity contribution is 7.24. The Labute approximate surface area is 109 Å². The van der Waals surface area contributed by atoms with Gasteiger partial charge >= 0.3 is 5.97 Å². The lowest BCUT2D eigenvalue weighted by molar-refractivity contribution is 0.0702. The summed E-state index contributed by atoms with van der Waals surface area (Å²) in [4.78, 5) is 13.8. The van der Waals surface area contributed by atoms with Crippen LogP contribution in [0.4, 0.5) is 5.69 Å². The van der Waals surface area contributed by atoms with Crippen LogP contribution in [-0.4, -0.2) is 17.6 Å². The number of carbonyl (C=O) groups is 1. The Morgan fingerprint density at radius 2 is 2.29 bits per heavy atom. The zero-order valence-electron chi connectivity index (χ0n) is 8.84. The van der Waals surface area contributed by atoms with Crippen molar-refractivity contribution in [2.45, 2.75) is 6.42 Å². The summed E-state index contributed by atoms with van der Waals surface area (Å²) in [5, 5.41) is 11.1. The highest BCUT2D eigenvalue weighted by atomic mass is 32.1. The molecule has 2 aromatic rings. The van der Waals surface area contributed by atoms with E-state index in [1.165, 1.54) is 21.9 Å². The van der Waals surface area contributed by atoms with Crippen LogP contribution in [0.15, 0.2) is 17.5 Å². The van der Waals surface area contributed by atoms with Gasteiger partial charge in [-0.2, -0.15) is 0 Å². The average molecular weight is 283 g/mol. The molecule has 3 rings (SSSR count). The van der Waals surface area contributed by atoms with Crippen molar-refractivity contribution in [2.75, 3.05) is 11.2 Å². The highest BCUT2D eigenvalue weighted by Crippen LogP contribution is 2.45. The van der Waals surface area contributed by atoms with Crippen LogP contribution in [0.2, 0.25) is 0 Å². The fraction of sp³-hybridized carbons (Fsp3) is 0.182. The van der Waals surface area contributed by atoms with Crippen LogP contribution in [0.5, 0.6) is 0 Å². The molecule has 0 aromatic carbocycles. The van der Waals surface area contributed by atoms with Gasteiger partial charge in [-0.15, -0.1) is 22.7 Å². The van der Waals surface area contributed by atoms with Crippen molar-refractivity contribution in [3.63, 3.8) is 0 Å². The molecular weight excluding hydrogens is 273 g/mol. The first-order chi connectivity index (χ1) is 8.16. The van der Waals surface area contributed by atoms with Gasteiger partial charge in [-0.25, -0.2) is 4.79 Å². The van der Waals surface area contributed by atoms with Gasteiger partial charge in [0.25, 0.3) is 0 Å². The summed E-state index contributed by atoms with van der Waals surface area (Å²) in [6.45, 7) is 0.900. The Morgan fingerprint density at radius 3 is 3.06 bits per heavy atom. The third kappa shape index (κ3) is 1.79. The van der Waals surface area contributed by atoms with E-state index in [1.807, 2.05) is 6.07 Å². The smallest absolute Gasteiger partial charge is 0.345 e. The maximum Gasteiger partial charge on any atom is 0.345 e. The molecule has 0 radical (unpaired) electrons. The Kier molecular flexibility index (Phi) is 2.69. The first kappa shape index (κ1) is 11.2. The van der Waals surface area contributed by atoms with Gasteiger partial charge in [0.2, 0.25) is 0 Å². The number of aromatic carboxylic acids is 1. The van der Waals surface area contributed by atoms with Gasteiger partial charge in [0.15, 0.2) is 0 Å². The molecule has 1 unspecified atom stereocenters. The SMILES string of the molecule is O=C(O)c1cc2c(s1)-c1sccc1N(P)CC2. The first-order valence-electron chi connectivity index (χ1n) is 5.13. The molecule has 88 valence electrons. The van der Waals surface area contributed by atoms with E-state index in [9.17, 15) is 4.79 Å². The van der Waals surface area contributed by atoms with Crippen molar-refractivity contribution in [3.8, 4) is 9.75 Å². The topological polar surface area (TPSA) is 40.5 Å². The van der Waals surface area contributed by atoms with Gasteiger partial charge in [0, 0.05) is 6.54 Å². The molecule has 2 aromatic heterocycles. The Hall–Kier alpha value is -0.900. The number of fused-ring (bicyclic) bond motifs is 3. The van der Waals surface area contributed by atoms with Crippen molar-refractivity contribution >= 4 is 43.7 Å². The summed E-state index contributed by atoms with van der Waals surface area (Å²) in [5.74, 6) is -0.830. The average Bonchev–Trinajstić information content (AvgIpc) is 2.90. The van der Waals surface area contributed by atoms with Gasteiger partial charge in [0.1, 0.15) is 4.88 Å². The molecule has 17 heavy (non-hydrogen) atoms. The number of hydrogen-bond acceptors (Lipinski definition) is 4. The number of carboxylic acid groups (broad SMARTS) is 1. The number of rotatable bonds is 1. The molecular formula is C11H10NO2PS2. The fourth-order valence-corrected chi connectivity index (χ4v) is 4.55. The monoisotopic (exact) mass is 283 g/mol. The number of carboxylic acids is 1. The standard InChI is InChI=1S/C11H10NO2PS2/c13-11(14)8-5-6-1-3-12(15)7-2-4-16-10(7)9(6)17-8/h2,4-5H,1,3,15H2,(H,13,14). The second kappa shape index (κ2) is 4.09. The Balaban J connectivity index is 2.19. The molecule has 0 fully saturated rings.